The predicted molar refractivity (Wildman–Crippen MR) is 85.0 cm³/mol. The van der Waals surface area contributed by atoms with E-state index in [9.17, 15) is 9.18 Å². The van der Waals surface area contributed by atoms with Crippen molar-refractivity contribution in [2.45, 2.75) is 12.5 Å². The molecule has 3 aromatic heterocycles. The van der Waals surface area contributed by atoms with Gasteiger partial charge in [-0.2, -0.15) is 0 Å². The molecule has 8 nitrogen and oxygen atoms in total. The number of hydrogen-bond acceptors (Lipinski definition) is 6. The Hall–Kier alpha value is -3.07. The van der Waals surface area contributed by atoms with Gasteiger partial charge in [-0.1, -0.05) is 0 Å². The van der Waals surface area contributed by atoms with Crippen LogP contribution in [0.3, 0.4) is 0 Å². The number of carbonyl (C=O) groups excluding carboxylic acids is 1. The zero-order valence-corrected chi connectivity index (χ0v) is 12.5. The Balaban J connectivity index is 1.70. The lowest BCUT2D eigenvalue weighted by Crippen LogP contribution is -2.38. The minimum Gasteiger partial charge on any atom is -0.356 e. The number of rotatable bonds is 3. The Morgan fingerprint density at radius 3 is 3.08 bits per heavy atom. The lowest BCUT2D eigenvalue weighted by molar-refractivity contribution is -0.128. The van der Waals surface area contributed by atoms with Crippen molar-refractivity contribution in [2.24, 2.45) is 5.84 Å². The molecule has 4 heterocycles. The maximum absolute atomic E-state index is 14.0. The van der Waals surface area contributed by atoms with Gasteiger partial charge in [-0.15, -0.1) is 0 Å². The van der Waals surface area contributed by atoms with Crippen LogP contribution in [-0.4, -0.2) is 43.4 Å². The van der Waals surface area contributed by atoms with Gasteiger partial charge in [0.25, 0.3) is 5.91 Å². The number of halogens is 1. The summed E-state index contributed by atoms with van der Waals surface area (Å²) in [5.41, 5.74) is 1.40. The highest BCUT2D eigenvalue weighted by molar-refractivity contribution is 5.91. The molecule has 3 aromatic rings. The van der Waals surface area contributed by atoms with Crippen molar-refractivity contribution in [3.05, 3.63) is 36.5 Å². The number of aromatic nitrogens is 4. The number of nitrogens with two attached hydrogens (primary N) is 1. The van der Waals surface area contributed by atoms with Gasteiger partial charge in [-0.05, 0) is 18.6 Å². The molecule has 1 amide bonds. The molecular weight excluding hydrogens is 313 g/mol. The van der Waals surface area contributed by atoms with E-state index in [1.807, 2.05) is 6.07 Å². The first-order chi connectivity index (χ1) is 11.6. The van der Waals surface area contributed by atoms with Crippen molar-refractivity contribution in [2.75, 3.05) is 11.9 Å². The van der Waals surface area contributed by atoms with Crippen molar-refractivity contribution < 1.29 is 9.18 Å². The van der Waals surface area contributed by atoms with Gasteiger partial charge in [0.2, 0.25) is 0 Å². The number of nitrogens with zero attached hydrogens (tertiary/aromatic N) is 4. The fourth-order valence-corrected chi connectivity index (χ4v) is 2.74. The summed E-state index contributed by atoms with van der Waals surface area (Å²) in [6.07, 6.45) is 4.97. The Labute approximate surface area is 135 Å². The molecule has 0 radical (unpaired) electrons. The average molecular weight is 327 g/mol. The Morgan fingerprint density at radius 2 is 2.29 bits per heavy atom. The number of carbonyl (C=O) groups is 1. The lowest BCUT2D eigenvalue weighted by Gasteiger charge is -2.13. The van der Waals surface area contributed by atoms with E-state index < -0.39 is 11.9 Å². The zero-order valence-electron chi connectivity index (χ0n) is 12.5. The van der Waals surface area contributed by atoms with E-state index in [-0.39, 0.29) is 11.7 Å². The van der Waals surface area contributed by atoms with Gasteiger partial charge in [0.05, 0.1) is 6.20 Å². The minimum atomic E-state index is -0.625. The van der Waals surface area contributed by atoms with E-state index in [2.05, 4.69) is 25.3 Å². The molecule has 4 rings (SSSR count). The molecule has 0 aliphatic carbocycles. The van der Waals surface area contributed by atoms with E-state index in [1.165, 1.54) is 0 Å². The summed E-state index contributed by atoms with van der Waals surface area (Å²) in [6, 6.07) is 3.09. The first-order valence-corrected chi connectivity index (χ1v) is 7.41. The van der Waals surface area contributed by atoms with Crippen LogP contribution in [0.25, 0.3) is 22.4 Å². The second-order valence-corrected chi connectivity index (χ2v) is 5.51. The van der Waals surface area contributed by atoms with E-state index in [4.69, 9.17) is 5.84 Å². The van der Waals surface area contributed by atoms with Crippen molar-refractivity contribution >= 4 is 22.8 Å². The molecule has 1 fully saturated rings. The fraction of sp³-hybridized carbons (Fsp3) is 0.200. The smallest absolute Gasteiger partial charge is 0.259 e. The maximum atomic E-state index is 14.0. The minimum absolute atomic E-state index is 0.0214. The molecule has 4 N–H and O–H groups in total. The molecular formula is C15H14FN7O. The van der Waals surface area contributed by atoms with Gasteiger partial charge in [0, 0.05) is 29.9 Å². The molecule has 9 heteroatoms. The molecule has 0 bridgehead atoms. The lowest BCUT2D eigenvalue weighted by atomic mass is 10.2. The summed E-state index contributed by atoms with van der Waals surface area (Å²) in [5.74, 6) is 4.94. The van der Waals surface area contributed by atoms with Crippen LogP contribution in [-0.2, 0) is 4.79 Å². The Bertz CT molecular complexity index is 925. The number of hydrogen-bond donors (Lipinski definition) is 3. The molecule has 1 aliphatic heterocycles. The molecule has 1 atom stereocenters. The average Bonchev–Trinajstić information content (AvgIpc) is 3.15. The summed E-state index contributed by atoms with van der Waals surface area (Å²) >= 11 is 0. The summed E-state index contributed by atoms with van der Waals surface area (Å²) in [7, 11) is 0. The van der Waals surface area contributed by atoms with E-state index in [1.54, 1.807) is 18.5 Å². The quantitative estimate of drug-likeness (QED) is 0.489. The summed E-state index contributed by atoms with van der Waals surface area (Å²) in [6.45, 7) is 0.421. The number of amides is 1. The van der Waals surface area contributed by atoms with E-state index >= 15 is 0 Å². The third-order valence-corrected chi connectivity index (χ3v) is 3.99. The highest BCUT2D eigenvalue weighted by Crippen LogP contribution is 2.26. The summed E-state index contributed by atoms with van der Waals surface area (Å²) in [5, 5.41) is 4.76. The van der Waals surface area contributed by atoms with Crippen molar-refractivity contribution in [3.8, 4) is 11.4 Å². The second-order valence-electron chi connectivity index (χ2n) is 5.51. The van der Waals surface area contributed by atoms with Crippen molar-refractivity contribution in [1.82, 2.24) is 24.9 Å². The van der Waals surface area contributed by atoms with Gasteiger partial charge in [0.1, 0.15) is 11.7 Å². The first-order valence-electron chi connectivity index (χ1n) is 7.41. The number of hydrazine groups is 1. The summed E-state index contributed by atoms with van der Waals surface area (Å²) < 4.78 is 14.0. The Kier molecular flexibility index (Phi) is 3.35. The van der Waals surface area contributed by atoms with Gasteiger partial charge >= 0.3 is 0 Å². The normalized spacial score (nSPS) is 17.7. The highest BCUT2D eigenvalue weighted by Gasteiger charge is 2.30. The number of aromatic amines is 1. The largest absolute Gasteiger partial charge is 0.356 e. The number of H-pyrrole nitrogens is 1. The molecule has 0 aromatic carbocycles. The van der Waals surface area contributed by atoms with Crippen LogP contribution < -0.4 is 11.2 Å². The first kappa shape index (κ1) is 14.5. The molecule has 1 aliphatic rings. The van der Waals surface area contributed by atoms with Crippen molar-refractivity contribution in [3.63, 3.8) is 0 Å². The van der Waals surface area contributed by atoms with Crippen LogP contribution in [0.1, 0.15) is 6.42 Å². The third-order valence-electron chi connectivity index (χ3n) is 3.99. The number of pyridine rings is 1. The third kappa shape index (κ3) is 2.35. The number of fused-ring (bicyclic) bond motifs is 1. The standard InChI is InChI=1S/C15H14FN7O/c16-10-7-20-13(9-6-19-12-8(9)2-1-4-18-12)22-14(10)21-11-3-5-23(17)15(11)24/h1-2,4,6-7,11H,3,5,17H2,(H,18,19)(H,20,21,22). The molecule has 0 spiro atoms. The van der Waals surface area contributed by atoms with Crippen molar-refractivity contribution in [1.29, 1.82) is 0 Å². The topological polar surface area (TPSA) is 113 Å². The molecule has 1 unspecified atom stereocenters. The van der Waals surface area contributed by atoms with Crippen LogP contribution in [0.15, 0.2) is 30.7 Å². The fourth-order valence-electron chi connectivity index (χ4n) is 2.74. The second kappa shape index (κ2) is 5.53. The van der Waals surface area contributed by atoms with E-state index in [0.717, 1.165) is 16.6 Å². The highest BCUT2D eigenvalue weighted by atomic mass is 19.1. The Morgan fingerprint density at radius 1 is 1.42 bits per heavy atom. The molecule has 1 saturated heterocycles. The molecule has 24 heavy (non-hydrogen) atoms. The van der Waals surface area contributed by atoms with Gasteiger partial charge in [-0.3, -0.25) is 9.80 Å². The van der Waals surface area contributed by atoms with Crippen LogP contribution in [0.5, 0.6) is 0 Å². The van der Waals surface area contributed by atoms with Gasteiger partial charge in [0.15, 0.2) is 17.5 Å². The summed E-state index contributed by atoms with van der Waals surface area (Å²) in [4.78, 5) is 27.4. The molecule has 0 saturated carbocycles. The van der Waals surface area contributed by atoms with Crippen LogP contribution in [0.2, 0.25) is 0 Å². The van der Waals surface area contributed by atoms with Crippen LogP contribution >= 0.6 is 0 Å². The van der Waals surface area contributed by atoms with Crippen LogP contribution in [0.4, 0.5) is 10.2 Å². The van der Waals surface area contributed by atoms with Crippen LogP contribution in [0, 0.1) is 5.82 Å². The molecule has 122 valence electrons. The maximum Gasteiger partial charge on any atom is 0.259 e. The van der Waals surface area contributed by atoms with E-state index in [0.29, 0.717) is 30.0 Å². The monoisotopic (exact) mass is 327 g/mol. The number of anilines is 1. The SMILES string of the molecule is NN1CCC(Nc2nc(-c3c[nH]c4ncccc34)ncc2F)C1=O. The predicted octanol–water partition coefficient (Wildman–Crippen LogP) is 1.05. The van der Waals surface area contributed by atoms with Gasteiger partial charge in [-0.25, -0.2) is 25.2 Å². The van der Waals surface area contributed by atoms with Gasteiger partial charge < -0.3 is 10.3 Å². The number of nitrogens with one attached hydrogen (secondary N) is 2. The zero-order chi connectivity index (χ0) is 16.7.